The summed E-state index contributed by atoms with van der Waals surface area (Å²) in [5.74, 6) is 0.427. The number of carbonyl (C=O) groups is 2. The smallest absolute Gasteiger partial charge is 0.375 e. The Morgan fingerprint density at radius 1 is 1.10 bits per heavy atom. The first kappa shape index (κ1) is 21.2. The highest BCUT2D eigenvalue weighted by atomic mass is 16.6. The summed E-state index contributed by atoms with van der Waals surface area (Å²) in [4.78, 5) is 24.9. The first-order valence-electron chi connectivity index (χ1n) is 9.70. The maximum absolute atomic E-state index is 12.6. The number of benzene rings is 2. The Morgan fingerprint density at radius 2 is 1.80 bits per heavy atom. The molecule has 1 N–H and O–H groups in total. The quantitative estimate of drug-likeness (QED) is 0.564. The molecule has 158 valence electrons. The number of ether oxygens (including phenoxy) is 3. The molecule has 3 aromatic rings. The third kappa shape index (κ3) is 4.74. The van der Waals surface area contributed by atoms with Crippen LogP contribution in [0.1, 0.15) is 35.5 Å². The Kier molecular flexibility index (Phi) is 6.61. The van der Waals surface area contributed by atoms with Crippen molar-refractivity contribution in [1.82, 2.24) is 5.32 Å². The topological polar surface area (TPSA) is 87.0 Å². The molecule has 3 rings (SSSR count). The molecule has 0 aliphatic heterocycles. The molecule has 1 atom stereocenters. The second-order valence-corrected chi connectivity index (χ2v) is 6.76. The Morgan fingerprint density at radius 3 is 2.47 bits per heavy atom. The predicted octanol–water partition coefficient (Wildman–Crippen LogP) is 4.01. The van der Waals surface area contributed by atoms with Crippen LogP contribution in [0.5, 0.6) is 11.5 Å². The van der Waals surface area contributed by atoms with E-state index in [0.717, 1.165) is 16.7 Å². The van der Waals surface area contributed by atoms with Crippen LogP contribution in [0.2, 0.25) is 0 Å². The van der Waals surface area contributed by atoms with Gasteiger partial charge in [0.25, 0.3) is 5.91 Å². The number of aryl methyl sites for hydroxylation is 1. The molecule has 0 radical (unpaired) electrons. The van der Waals surface area contributed by atoms with Gasteiger partial charge in [-0.15, -0.1) is 0 Å². The summed E-state index contributed by atoms with van der Waals surface area (Å²) in [5, 5.41) is 3.52. The van der Waals surface area contributed by atoms with Crippen molar-refractivity contribution in [2.24, 2.45) is 0 Å². The summed E-state index contributed by atoms with van der Waals surface area (Å²) in [7, 11) is 1.59. The molecule has 7 heteroatoms. The minimum Gasteiger partial charge on any atom is -0.497 e. The number of carbonyl (C=O) groups excluding carboxylic acids is 2. The maximum Gasteiger partial charge on any atom is 0.375 e. The van der Waals surface area contributed by atoms with Crippen molar-refractivity contribution in [2.75, 3.05) is 13.7 Å². The Balaban J connectivity index is 1.62. The van der Waals surface area contributed by atoms with Crippen molar-refractivity contribution in [1.29, 1.82) is 0 Å². The summed E-state index contributed by atoms with van der Waals surface area (Å²) in [6.07, 6.45) is -0.970. The van der Waals surface area contributed by atoms with Crippen LogP contribution in [-0.2, 0) is 16.1 Å². The molecule has 0 aliphatic carbocycles. The van der Waals surface area contributed by atoms with Crippen molar-refractivity contribution >= 4 is 22.8 Å². The fourth-order valence-corrected chi connectivity index (χ4v) is 3.00. The van der Waals surface area contributed by atoms with Crippen molar-refractivity contribution in [3.8, 4) is 11.5 Å². The van der Waals surface area contributed by atoms with E-state index in [2.05, 4.69) is 5.32 Å². The van der Waals surface area contributed by atoms with Gasteiger partial charge in [-0.1, -0.05) is 12.1 Å². The lowest BCUT2D eigenvalue weighted by Gasteiger charge is -2.13. The Bertz CT molecular complexity index is 1040. The van der Waals surface area contributed by atoms with Gasteiger partial charge in [0.05, 0.1) is 13.7 Å². The lowest BCUT2D eigenvalue weighted by atomic mass is 10.1. The number of hydrogen-bond acceptors (Lipinski definition) is 6. The number of furan rings is 1. The molecule has 0 bridgehead atoms. The fraction of sp³-hybridized carbons (Fsp3) is 0.304. The van der Waals surface area contributed by atoms with Gasteiger partial charge in [-0.3, -0.25) is 4.79 Å². The SMILES string of the molecule is CCOc1ccc2oc(C(=O)O[C@H](C)C(=O)NCc3ccc(OC)cc3)c(C)c2c1. The third-order valence-electron chi connectivity index (χ3n) is 4.68. The molecule has 1 aromatic heterocycles. The molecule has 0 saturated heterocycles. The van der Waals surface area contributed by atoms with E-state index >= 15 is 0 Å². The summed E-state index contributed by atoms with van der Waals surface area (Å²) >= 11 is 0. The highest BCUT2D eigenvalue weighted by Crippen LogP contribution is 2.29. The van der Waals surface area contributed by atoms with Crippen molar-refractivity contribution in [2.45, 2.75) is 33.4 Å². The van der Waals surface area contributed by atoms with Crippen LogP contribution < -0.4 is 14.8 Å². The van der Waals surface area contributed by atoms with E-state index < -0.39 is 18.0 Å². The zero-order valence-corrected chi connectivity index (χ0v) is 17.5. The summed E-state index contributed by atoms with van der Waals surface area (Å²) < 4.78 is 21.6. The molecule has 7 nitrogen and oxygen atoms in total. The van der Waals surface area contributed by atoms with Crippen LogP contribution in [0.3, 0.4) is 0 Å². The van der Waals surface area contributed by atoms with Crippen LogP contribution in [0.15, 0.2) is 46.9 Å². The van der Waals surface area contributed by atoms with E-state index in [9.17, 15) is 9.59 Å². The minimum absolute atomic E-state index is 0.0773. The normalized spacial score (nSPS) is 11.7. The maximum atomic E-state index is 12.6. The van der Waals surface area contributed by atoms with Crippen LogP contribution in [0, 0.1) is 6.92 Å². The van der Waals surface area contributed by atoms with Gasteiger partial charge in [-0.05, 0) is 56.7 Å². The summed E-state index contributed by atoms with van der Waals surface area (Å²) in [6, 6.07) is 12.7. The molecule has 0 fully saturated rings. The van der Waals surface area contributed by atoms with Gasteiger partial charge >= 0.3 is 5.97 Å². The Hall–Kier alpha value is -3.48. The van der Waals surface area contributed by atoms with Gasteiger partial charge < -0.3 is 23.9 Å². The van der Waals surface area contributed by atoms with Crippen molar-refractivity contribution in [3.63, 3.8) is 0 Å². The monoisotopic (exact) mass is 411 g/mol. The molecular weight excluding hydrogens is 386 g/mol. The van der Waals surface area contributed by atoms with E-state index in [1.807, 2.05) is 37.3 Å². The van der Waals surface area contributed by atoms with Gasteiger partial charge in [0.2, 0.25) is 5.76 Å². The predicted molar refractivity (Wildman–Crippen MR) is 112 cm³/mol. The van der Waals surface area contributed by atoms with Gasteiger partial charge in [0.15, 0.2) is 6.10 Å². The van der Waals surface area contributed by atoms with Crippen molar-refractivity contribution < 1.29 is 28.2 Å². The number of nitrogens with one attached hydrogen (secondary N) is 1. The number of amides is 1. The van der Waals surface area contributed by atoms with Gasteiger partial charge in [-0.2, -0.15) is 0 Å². The second-order valence-electron chi connectivity index (χ2n) is 6.76. The first-order valence-corrected chi connectivity index (χ1v) is 9.70. The lowest BCUT2D eigenvalue weighted by Crippen LogP contribution is -2.35. The van der Waals surface area contributed by atoms with E-state index in [1.165, 1.54) is 6.92 Å². The average molecular weight is 411 g/mol. The standard InChI is InChI=1S/C23H25NO6/c1-5-28-18-10-11-20-19(12-18)14(2)21(30-20)23(26)29-15(3)22(25)24-13-16-6-8-17(27-4)9-7-16/h6-12,15H,5,13H2,1-4H3,(H,24,25)/t15-/m1/s1. The molecule has 1 heterocycles. The van der Waals surface area contributed by atoms with E-state index in [0.29, 0.717) is 30.0 Å². The number of rotatable bonds is 8. The van der Waals surface area contributed by atoms with E-state index in [4.69, 9.17) is 18.6 Å². The molecular formula is C23H25NO6. The zero-order valence-electron chi connectivity index (χ0n) is 17.5. The molecule has 2 aromatic carbocycles. The number of methoxy groups -OCH3 is 1. The highest BCUT2D eigenvalue weighted by molar-refractivity contribution is 5.97. The average Bonchev–Trinajstić information content (AvgIpc) is 3.08. The molecule has 0 spiro atoms. The molecule has 0 unspecified atom stereocenters. The number of hydrogen-bond donors (Lipinski definition) is 1. The van der Waals surface area contributed by atoms with Crippen LogP contribution >= 0.6 is 0 Å². The molecule has 0 aliphatic rings. The summed E-state index contributed by atoms with van der Waals surface area (Å²) in [6.45, 7) is 6.05. The van der Waals surface area contributed by atoms with Gasteiger partial charge in [-0.25, -0.2) is 4.79 Å². The largest absolute Gasteiger partial charge is 0.497 e. The van der Waals surface area contributed by atoms with E-state index in [1.54, 1.807) is 26.2 Å². The minimum atomic E-state index is -0.970. The Labute approximate surface area is 174 Å². The number of esters is 1. The third-order valence-corrected chi connectivity index (χ3v) is 4.68. The molecule has 1 amide bonds. The first-order chi connectivity index (χ1) is 14.4. The molecule has 30 heavy (non-hydrogen) atoms. The van der Waals surface area contributed by atoms with Gasteiger partial charge in [0, 0.05) is 17.5 Å². The van der Waals surface area contributed by atoms with Crippen LogP contribution in [0.25, 0.3) is 11.0 Å². The van der Waals surface area contributed by atoms with Crippen molar-refractivity contribution in [3.05, 3.63) is 59.4 Å². The lowest BCUT2D eigenvalue weighted by molar-refractivity contribution is -0.129. The fourth-order valence-electron chi connectivity index (χ4n) is 3.00. The zero-order chi connectivity index (χ0) is 21.7. The van der Waals surface area contributed by atoms with Gasteiger partial charge in [0.1, 0.15) is 17.1 Å². The summed E-state index contributed by atoms with van der Waals surface area (Å²) in [5.41, 5.74) is 2.10. The van der Waals surface area contributed by atoms with E-state index in [-0.39, 0.29) is 5.76 Å². The highest BCUT2D eigenvalue weighted by Gasteiger charge is 2.24. The van der Waals surface area contributed by atoms with Crippen LogP contribution in [-0.4, -0.2) is 31.7 Å². The van der Waals surface area contributed by atoms with Crippen LogP contribution in [0.4, 0.5) is 0 Å². The molecule has 0 saturated carbocycles. The second kappa shape index (κ2) is 9.35. The number of fused-ring (bicyclic) bond motifs is 1.